The Morgan fingerprint density at radius 2 is 2.33 bits per heavy atom. The molecule has 0 fully saturated rings. The maximum absolute atomic E-state index is 5.35. The van der Waals surface area contributed by atoms with Gasteiger partial charge in [-0.2, -0.15) is 0 Å². The molecule has 0 aliphatic heterocycles. The van der Waals surface area contributed by atoms with Crippen molar-refractivity contribution in [2.45, 2.75) is 19.9 Å². The van der Waals surface area contributed by atoms with Gasteiger partial charge in [0.25, 0.3) is 6.33 Å². The molecule has 0 bridgehead atoms. The molecule has 1 aromatic rings. The molecule has 4 nitrogen and oxygen atoms in total. The summed E-state index contributed by atoms with van der Waals surface area (Å²) in [6.07, 6.45) is 3.31. The second-order valence-electron chi connectivity index (χ2n) is 2.27. The number of nitrogens with zero attached hydrogens (tertiary/aromatic N) is 3. The molecular weight excluding hydrogens is 116 g/mol. The van der Waals surface area contributed by atoms with Gasteiger partial charge >= 0.3 is 0 Å². The largest absolute Gasteiger partial charge is 0.289 e. The lowest BCUT2D eigenvalue weighted by molar-refractivity contribution is -0.639. The summed E-state index contributed by atoms with van der Waals surface area (Å²) in [5.41, 5.74) is 0. The van der Waals surface area contributed by atoms with E-state index in [9.17, 15) is 0 Å². The molecule has 2 N–H and O–H groups in total. The number of aromatic nitrogens is 3. The summed E-state index contributed by atoms with van der Waals surface area (Å²) in [6, 6.07) is 0.384. The summed E-state index contributed by atoms with van der Waals surface area (Å²) in [5.74, 6) is 5.35. The van der Waals surface area contributed by atoms with E-state index in [0.29, 0.717) is 6.04 Å². The summed E-state index contributed by atoms with van der Waals surface area (Å²) < 4.78 is 3.22. The number of hydrogen-bond acceptors (Lipinski definition) is 2. The molecule has 0 radical (unpaired) electrons. The molecule has 0 aliphatic rings. The van der Waals surface area contributed by atoms with E-state index in [-0.39, 0.29) is 0 Å². The Balaban J connectivity index is 2.85. The third-order valence-electron chi connectivity index (χ3n) is 1.10. The van der Waals surface area contributed by atoms with Crippen molar-refractivity contribution in [3.63, 3.8) is 0 Å². The maximum atomic E-state index is 5.35. The number of nitrogens with two attached hydrogens (primary N) is 1. The maximum Gasteiger partial charge on any atom is 0.286 e. The Kier molecular flexibility index (Phi) is 1.38. The molecule has 0 saturated carbocycles. The van der Waals surface area contributed by atoms with Crippen LogP contribution in [0.2, 0.25) is 0 Å². The average Bonchev–Trinajstić information content (AvgIpc) is 2.14. The van der Waals surface area contributed by atoms with Crippen molar-refractivity contribution in [1.82, 2.24) is 9.78 Å². The minimum atomic E-state index is 0.384. The fraction of sp³-hybridized carbons (Fsp3) is 0.600. The first-order valence-electron chi connectivity index (χ1n) is 2.90. The Labute approximate surface area is 53.9 Å². The first kappa shape index (κ1) is 6.07. The summed E-state index contributed by atoms with van der Waals surface area (Å²) >= 11 is 0. The van der Waals surface area contributed by atoms with E-state index in [4.69, 9.17) is 5.84 Å². The van der Waals surface area contributed by atoms with Gasteiger partial charge in [0.05, 0.1) is 0 Å². The van der Waals surface area contributed by atoms with E-state index in [1.807, 2.05) is 13.8 Å². The van der Waals surface area contributed by atoms with Crippen molar-refractivity contribution < 1.29 is 4.68 Å². The lowest BCUT2D eigenvalue weighted by Gasteiger charge is -1.91. The SMILES string of the molecule is CC(C)n1c[n+](N)cn1. The Hall–Kier alpha value is -1.06. The minimum Gasteiger partial charge on any atom is -0.289 e. The quantitative estimate of drug-likeness (QED) is 0.407. The van der Waals surface area contributed by atoms with Gasteiger partial charge in [-0.25, -0.2) is 0 Å². The molecular formula is C5H11N4+. The third-order valence-corrected chi connectivity index (χ3v) is 1.10. The van der Waals surface area contributed by atoms with Crippen LogP contribution < -0.4 is 10.5 Å². The number of hydrogen-bond donors (Lipinski definition) is 1. The van der Waals surface area contributed by atoms with Gasteiger partial charge in [-0.1, -0.05) is 0 Å². The highest BCUT2D eigenvalue weighted by molar-refractivity contribution is 4.51. The van der Waals surface area contributed by atoms with Crippen LogP contribution in [0.4, 0.5) is 0 Å². The van der Waals surface area contributed by atoms with Gasteiger partial charge in [0.15, 0.2) is 0 Å². The van der Waals surface area contributed by atoms with Crippen molar-refractivity contribution in [2.75, 3.05) is 5.84 Å². The van der Waals surface area contributed by atoms with Crippen molar-refractivity contribution in [1.29, 1.82) is 0 Å². The molecule has 1 aromatic heterocycles. The highest BCUT2D eigenvalue weighted by atomic mass is 15.4. The molecule has 0 unspecified atom stereocenters. The van der Waals surface area contributed by atoms with E-state index in [2.05, 4.69) is 5.10 Å². The van der Waals surface area contributed by atoms with Crippen molar-refractivity contribution in [3.8, 4) is 0 Å². The Morgan fingerprint density at radius 1 is 1.67 bits per heavy atom. The standard InChI is InChI=1S/C5H11N4/c1-5(2)9-4-8(6)3-7-9/h3-5H,6H2,1-2H3/q+1. The molecule has 0 atom stereocenters. The molecule has 1 heterocycles. The van der Waals surface area contributed by atoms with Crippen LogP contribution in [-0.2, 0) is 0 Å². The molecule has 0 amide bonds. The fourth-order valence-electron chi connectivity index (χ4n) is 0.582. The monoisotopic (exact) mass is 127 g/mol. The van der Waals surface area contributed by atoms with Crippen molar-refractivity contribution in [3.05, 3.63) is 12.7 Å². The Morgan fingerprint density at radius 3 is 2.56 bits per heavy atom. The smallest absolute Gasteiger partial charge is 0.286 e. The van der Waals surface area contributed by atoms with Crippen LogP contribution in [0.25, 0.3) is 0 Å². The third kappa shape index (κ3) is 1.19. The fourth-order valence-corrected chi connectivity index (χ4v) is 0.582. The molecule has 0 aliphatic carbocycles. The van der Waals surface area contributed by atoms with E-state index in [1.165, 1.54) is 4.68 Å². The predicted octanol–water partition coefficient (Wildman–Crippen LogP) is -0.535. The molecule has 4 heteroatoms. The van der Waals surface area contributed by atoms with Gasteiger partial charge < -0.3 is 0 Å². The van der Waals surface area contributed by atoms with Crippen molar-refractivity contribution >= 4 is 0 Å². The van der Waals surface area contributed by atoms with Crippen LogP contribution >= 0.6 is 0 Å². The molecule has 0 saturated heterocycles. The van der Waals surface area contributed by atoms with E-state index in [0.717, 1.165) is 0 Å². The van der Waals surface area contributed by atoms with E-state index in [1.54, 1.807) is 17.3 Å². The Bertz CT molecular complexity index is 191. The number of rotatable bonds is 1. The molecule has 1 rings (SSSR count). The van der Waals surface area contributed by atoms with Gasteiger partial charge in [-0.3, -0.25) is 5.84 Å². The van der Waals surface area contributed by atoms with Crippen LogP contribution in [0.5, 0.6) is 0 Å². The molecule has 0 aromatic carbocycles. The molecule has 50 valence electrons. The lowest BCUT2D eigenvalue weighted by atomic mass is 10.4. The molecule has 0 spiro atoms. The van der Waals surface area contributed by atoms with Gasteiger partial charge in [0.1, 0.15) is 6.04 Å². The van der Waals surface area contributed by atoms with Gasteiger partial charge in [0, 0.05) is 5.10 Å². The van der Waals surface area contributed by atoms with Crippen LogP contribution in [0.1, 0.15) is 19.9 Å². The minimum absolute atomic E-state index is 0.384. The van der Waals surface area contributed by atoms with Gasteiger partial charge in [-0.15, -0.1) is 9.36 Å². The van der Waals surface area contributed by atoms with Crippen LogP contribution in [-0.4, -0.2) is 9.78 Å². The normalized spacial score (nSPS) is 10.6. The topological polar surface area (TPSA) is 47.7 Å². The van der Waals surface area contributed by atoms with E-state index < -0.39 is 0 Å². The summed E-state index contributed by atoms with van der Waals surface area (Å²) in [6.45, 7) is 4.10. The number of nitrogen functional groups attached to an aromatic ring is 1. The summed E-state index contributed by atoms with van der Waals surface area (Å²) in [7, 11) is 0. The average molecular weight is 127 g/mol. The summed E-state index contributed by atoms with van der Waals surface area (Å²) in [5, 5.41) is 3.97. The zero-order valence-electron chi connectivity index (χ0n) is 5.65. The zero-order chi connectivity index (χ0) is 6.85. The van der Waals surface area contributed by atoms with Crippen LogP contribution in [0, 0.1) is 0 Å². The first-order valence-corrected chi connectivity index (χ1v) is 2.90. The molecule has 9 heavy (non-hydrogen) atoms. The van der Waals surface area contributed by atoms with Crippen LogP contribution in [0.15, 0.2) is 12.7 Å². The predicted molar refractivity (Wildman–Crippen MR) is 33.0 cm³/mol. The van der Waals surface area contributed by atoms with Gasteiger partial charge in [-0.05, 0) is 13.8 Å². The van der Waals surface area contributed by atoms with E-state index >= 15 is 0 Å². The highest BCUT2D eigenvalue weighted by Gasteiger charge is 2.05. The highest BCUT2D eigenvalue weighted by Crippen LogP contribution is 1.95. The van der Waals surface area contributed by atoms with Crippen LogP contribution in [0.3, 0.4) is 0 Å². The second-order valence-corrected chi connectivity index (χ2v) is 2.27. The summed E-state index contributed by atoms with van der Waals surface area (Å²) in [4.78, 5) is 0. The lowest BCUT2D eigenvalue weighted by Crippen LogP contribution is -2.42. The second kappa shape index (κ2) is 2.05. The van der Waals surface area contributed by atoms with Crippen molar-refractivity contribution in [2.24, 2.45) is 0 Å². The first-order chi connectivity index (χ1) is 4.20. The zero-order valence-corrected chi connectivity index (χ0v) is 5.65. The van der Waals surface area contributed by atoms with Gasteiger partial charge in [0.2, 0.25) is 6.33 Å².